The lowest BCUT2D eigenvalue weighted by atomic mass is 10.3. The second-order valence-corrected chi connectivity index (χ2v) is 5.00. The molecule has 1 aromatic heterocycles. The largest absolute Gasteiger partial charge is 0.457 e. The van der Waals surface area contributed by atoms with Crippen LogP contribution in [0.25, 0.3) is 0 Å². The molecule has 0 fully saturated rings. The van der Waals surface area contributed by atoms with Crippen LogP contribution in [0.3, 0.4) is 0 Å². The summed E-state index contributed by atoms with van der Waals surface area (Å²) >= 11 is 0. The Hall–Kier alpha value is -3.08. The molecule has 3 rings (SSSR count). The van der Waals surface area contributed by atoms with Crippen molar-refractivity contribution >= 4 is 11.6 Å². The zero-order valence-electron chi connectivity index (χ0n) is 12.7. The fourth-order valence-corrected chi connectivity index (χ4v) is 2.12. The van der Waals surface area contributed by atoms with Crippen LogP contribution in [-0.4, -0.2) is 9.97 Å². The summed E-state index contributed by atoms with van der Waals surface area (Å²) in [5, 5.41) is 3.09. The molecule has 5 heteroatoms. The van der Waals surface area contributed by atoms with E-state index < -0.39 is 0 Å². The van der Waals surface area contributed by atoms with Gasteiger partial charge in [0.05, 0.1) is 0 Å². The Labute approximate surface area is 134 Å². The van der Waals surface area contributed by atoms with Gasteiger partial charge in [0.25, 0.3) is 5.56 Å². The average molecular weight is 307 g/mol. The summed E-state index contributed by atoms with van der Waals surface area (Å²) in [6.45, 7) is 1.96. The van der Waals surface area contributed by atoms with Gasteiger partial charge in [0, 0.05) is 17.4 Å². The number of nitrogens with one attached hydrogen (secondary N) is 2. The van der Waals surface area contributed by atoms with E-state index >= 15 is 0 Å². The second-order valence-electron chi connectivity index (χ2n) is 5.00. The fourth-order valence-electron chi connectivity index (χ4n) is 2.12. The summed E-state index contributed by atoms with van der Waals surface area (Å²) in [5.41, 5.74) is 1.41. The number of ether oxygens (including phenoxy) is 1. The maximum absolute atomic E-state index is 11.6. The molecule has 2 aromatic carbocycles. The highest BCUT2D eigenvalue weighted by Gasteiger charge is 2.02. The zero-order valence-corrected chi connectivity index (χ0v) is 12.7. The van der Waals surface area contributed by atoms with Crippen LogP contribution in [0.15, 0.2) is 65.5 Å². The molecule has 0 amide bonds. The van der Waals surface area contributed by atoms with Crippen molar-refractivity contribution in [2.45, 2.75) is 13.3 Å². The zero-order chi connectivity index (χ0) is 16.1. The maximum Gasteiger partial charge on any atom is 0.252 e. The Morgan fingerprint density at radius 2 is 1.74 bits per heavy atom. The first-order valence-corrected chi connectivity index (χ1v) is 7.43. The standard InChI is InChI=1S/C18H17N3O2/c1-2-13-12-17(22)21-18(19-13)20-14-8-10-16(11-9-14)23-15-6-4-3-5-7-15/h3-12H,2H2,1H3,(H2,19,20,21,22). The number of nitrogens with zero attached hydrogens (tertiary/aromatic N) is 1. The van der Waals surface area contributed by atoms with Gasteiger partial charge in [-0.3, -0.25) is 9.78 Å². The minimum atomic E-state index is -0.164. The van der Waals surface area contributed by atoms with Gasteiger partial charge in [0.1, 0.15) is 11.5 Å². The van der Waals surface area contributed by atoms with E-state index in [2.05, 4.69) is 15.3 Å². The average Bonchev–Trinajstić information content (AvgIpc) is 2.57. The molecule has 0 bridgehead atoms. The number of para-hydroxylation sites is 1. The van der Waals surface area contributed by atoms with Crippen LogP contribution in [0.2, 0.25) is 0 Å². The van der Waals surface area contributed by atoms with E-state index in [1.807, 2.05) is 61.5 Å². The van der Waals surface area contributed by atoms with E-state index in [4.69, 9.17) is 4.74 Å². The van der Waals surface area contributed by atoms with Crippen LogP contribution >= 0.6 is 0 Å². The van der Waals surface area contributed by atoms with Gasteiger partial charge in [-0.05, 0) is 42.8 Å². The third-order valence-corrected chi connectivity index (χ3v) is 3.25. The van der Waals surface area contributed by atoms with Gasteiger partial charge < -0.3 is 10.1 Å². The molecule has 5 nitrogen and oxygen atoms in total. The number of hydrogen-bond donors (Lipinski definition) is 2. The highest BCUT2D eigenvalue weighted by Crippen LogP contribution is 2.23. The molecule has 0 aliphatic carbocycles. The molecular weight excluding hydrogens is 290 g/mol. The van der Waals surface area contributed by atoms with Crippen LogP contribution in [-0.2, 0) is 6.42 Å². The molecule has 0 saturated carbocycles. The molecule has 0 saturated heterocycles. The number of benzene rings is 2. The molecular formula is C18H17N3O2. The van der Waals surface area contributed by atoms with Gasteiger partial charge in [0.15, 0.2) is 0 Å². The smallest absolute Gasteiger partial charge is 0.252 e. The molecule has 0 radical (unpaired) electrons. The summed E-state index contributed by atoms with van der Waals surface area (Å²) in [6.07, 6.45) is 0.711. The van der Waals surface area contributed by atoms with Crippen molar-refractivity contribution in [2.75, 3.05) is 5.32 Å². The van der Waals surface area contributed by atoms with E-state index in [1.165, 1.54) is 6.07 Å². The Balaban J connectivity index is 1.72. The van der Waals surface area contributed by atoms with Crippen molar-refractivity contribution in [3.05, 3.63) is 76.7 Å². The minimum Gasteiger partial charge on any atom is -0.457 e. The molecule has 0 spiro atoms. The molecule has 0 aliphatic heterocycles. The number of aryl methyl sites for hydroxylation is 1. The maximum atomic E-state index is 11.6. The van der Waals surface area contributed by atoms with Gasteiger partial charge in [-0.15, -0.1) is 0 Å². The van der Waals surface area contributed by atoms with Gasteiger partial charge in [0.2, 0.25) is 5.95 Å². The summed E-state index contributed by atoms with van der Waals surface area (Å²) in [5.74, 6) is 1.96. The summed E-state index contributed by atoms with van der Waals surface area (Å²) in [6, 6.07) is 18.6. The van der Waals surface area contributed by atoms with E-state index in [1.54, 1.807) is 0 Å². The number of aromatic nitrogens is 2. The first-order valence-electron chi connectivity index (χ1n) is 7.43. The SMILES string of the molecule is CCc1cc(=O)[nH]c(Nc2ccc(Oc3ccccc3)cc2)n1. The topological polar surface area (TPSA) is 67.0 Å². The first kappa shape index (κ1) is 14.8. The van der Waals surface area contributed by atoms with Crippen LogP contribution in [0, 0.1) is 0 Å². The van der Waals surface area contributed by atoms with Gasteiger partial charge in [-0.2, -0.15) is 0 Å². The van der Waals surface area contributed by atoms with Crippen LogP contribution in [0.5, 0.6) is 11.5 Å². The minimum absolute atomic E-state index is 0.164. The monoisotopic (exact) mass is 307 g/mol. The third-order valence-electron chi connectivity index (χ3n) is 3.25. The van der Waals surface area contributed by atoms with Crippen molar-refractivity contribution in [3.8, 4) is 11.5 Å². The lowest BCUT2D eigenvalue weighted by Crippen LogP contribution is -2.11. The number of rotatable bonds is 5. The Bertz CT molecular complexity index is 827. The van der Waals surface area contributed by atoms with Crippen molar-refractivity contribution in [1.29, 1.82) is 0 Å². The number of aromatic amines is 1. The van der Waals surface area contributed by atoms with Crippen LogP contribution in [0.4, 0.5) is 11.6 Å². The van der Waals surface area contributed by atoms with Crippen molar-refractivity contribution in [3.63, 3.8) is 0 Å². The number of anilines is 2. The molecule has 0 aliphatic rings. The summed E-state index contributed by atoms with van der Waals surface area (Å²) in [7, 11) is 0. The van der Waals surface area contributed by atoms with Crippen molar-refractivity contribution in [1.82, 2.24) is 9.97 Å². The number of hydrogen-bond acceptors (Lipinski definition) is 4. The van der Waals surface area contributed by atoms with E-state index in [9.17, 15) is 4.79 Å². The Morgan fingerprint density at radius 3 is 2.43 bits per heavy atom. The second kappa shape index (κ2) is 6.79. The van der Waals surface area contributed by atoms with Crippen molar-refractivity contribution < 1.29 is 4.74 Å². The molecule has 0 atom stereocenters. The van der Waals surface area contributed by atoms with E-state index in [0.717, 1.165) is 22.9 Å². The normalized spacial score (nSPS) is 10.3. The Kier molecular flexibility index (Phi) is 4.38. The van der Waals surface area contributed by atoms with Crippen LogP contribution < -0.4 is 15.6 Å². The van der Waals surface area contributed by atoms with E-state index in [-0.39, 0.29) is 5.56 Å². The highest BCUT2D eigenvalue weighted by atomic mass is 16.5. The van der Waals surface area contributed by atoms with Crippen LogP contribution in [0.1, 0.15) is 12.6 Å². The van der Waals surface area contributed by atoms with Gasteiger partial charge in [-0.1, -0.05) is 25.1 Å². The van der Waals surface area contributed by atoms with Crippen molar-refractivity contribution in [2.24, 2.45) is 0 Å². The molecule has 116 valence electrons. The molecule has 23 heavy (non-hydrogen) atoms. The lowest BCUT2D eigenvalue weighted by Gasteiger charge is -2.08. The third kappa shape index (κ3) is 3.97. The van der Waals surface area contributed by atoms with Gasteiger partial charge in [-0.25, -0.2) is 4.98 Å². The predicted molar refractivity (Wildman–Crippen MR) is 90.5 cm³/mol. The summed E-state index contributed by atoms with van der Waals surface area (Å²) in [4.78, 5) is 18.6. The first-order chi connectivity index (χ1) is 11.2. The summed E-state index contributed by atoms with van der Waals surface area (Å²) < 4.78 is 5.74. The number of H-pyrrole nitrogens is 1. The fraction of sp³-hybridized carbons (Fsp3) is 0.111. The highest BCUT2D eigenvalue weighted by molar-refractivity contribution is 5.54. The van der Waals surface area contributed by atoms with Gasteiger partial charge >= 0.3 is 0 Å². The lowest BCUT2D eigenvalue weighted by molar-refractivity contribution is 0.483. The quantitative estimate of drug-likeness (QED) is 0.751. The Morgan fingerprint density at radius 1 is 1.04 bits per heavy atom. The predicted octanol–water partition coefficient (Wildman–Crippen LogP) is 3.87. The van der Waals surface area contributed by atoms with E-state index in [0.29, 0.717) is 12.4 Å². The molecule has 1 heterocycles. The molecule has 0 unspecified atom stereocenters. The molecule has 2 N–H and O–H groups in total. The molecule has 3 aromatic rings.